The van der Waals surface area contributed by atoms with Gasteiger partial charge in [-0.3, -0.25) is 9.69 Å². The van der Waals surface area contributed by atoms with Crippen LogP contribution in [0.15, 0.2) is 30.3 Å². The van der Waals surface area contributed by atoms with Gasteiger partial charge in [-0.1, -0.05) is 30.3 Å². The van der Waals surface area contributed by atoms with Gasteiger partial charge in [0.1, 0.15) is 0 Å². The largest absolute Gasteiger partial charge is 0.298 e. The third-order valence-electron chi connectivity index (χ3n) is 5.35. The fraction of sp³-hybridized carbons (Fsp3) is 0.533. The lowest BCUT2D eigenvalue weighted by molar-refractivity contribution is -0.123. The molecule has 4 bridgehead atoms. The van der Waals surface area contributed by atoms with E-state index >= 15 is 0 Å². The monoisotopic (exact) mass is 227 g/mol. The van der Waals surface area contributed by atoms with Gasteiger partial charge in [0.25, 0.3) is 0 Å². The maximum atomic E-state index is 12.1. The highest BCUT2D eigenvalue weighted by atomic mass is 16.1. The summed E-state index contributed by atoms with van der Waals surface area (Å²) < 4.78 is 0. The summed E-state index contributed by atoms with van der Waals surface area (Å²) >= 11 is 0. The molecule has 0 spiro atoms. The summed E-state index contributed by atoms with van der Waals surface area (Å²) in [4.78, 5) is 14.6. The summed E-state index contributed by atoms with van der Waals surface area (Å²) in [5.74, 6) is 1.53. The summed E-state index contributed by atoms with van der Waals surface area (Å²) in [6, 6.07) is 11.0. The van der Waals surface area contributed by atoms with E-state index in [1.165, 1.54) is 5.56 Å². The highest BCUT2D eigenvalue weighted by Crippen LogP contribution is 2.57. The van der Waals surface area contributed by atoms with Crippen LogP contribution in [0.1, 0.15) is 25.3 Å². The van der Waals surface area contributed by atoms with E-state index in [1.807, 2.05) is 0 Å². The number of Topliss-reactive ketones (excluding diaryl/α,β-unsaturated/α-hetero) is 1. The van der Waals surface area contributed by atoms with Gasteiger partial charge in [-0.2, -0.15) is 0 Å². The molecule has 3 heterocycles. The van der Waals surface area contributed by atoms with Crippen molar-refractivity contribution in [2.75, 3.05) is 6.54 Å². The smallest absolute Gasteiger partial charge is 0.154 e. The predicted octanol–water partition coefficient (Wildman–Crippen LogP) is 2.19. The Morgan fingerprint density at radius 1 is 1.24 bits per heavy atom. The Hall–Kier alpha value is -1.15. The van der Waals surface area contributed by atoms with Crippen molar-refractivity contribution < 1.29 is 4.79 Å². The van der Waals surface area contributed by atoms with Gasteiger partial charge in [-0.05, 0) is 31.2 Å². The number of carbonyl (C=O) groups excluding carboxylic acids is 1. The number of carbonyl (C=O) groups is 1. The molecule has 4 aliphatic rings. The number of benzene rings is 1. The van der Waals surface area contributed by atoms with Crippen molar-refractivity contribution in [2.45, 2.75) is 31.3 Å². The van der Waals surface area contributed by atoms with Crippen molar-refractivity contribution in [3.8, 4) is 0 Å². The topological polar surface area (TPSA) is 20.3 Å². The molecule has 0 amide bonds. The van der Waals surface area contributed by atoms with Gasteiger partial charge in [-0.15, -0.1) is 0 Å². The number of hydrogen-bond donors (Lipinski definition) is 0. The van der Waals surface area contributed by atoms with E-state index in [-0.39, 0.29) is 11.6 Å². The summed E-state index contributed by atoms with van der Waals surface area (Å²) in [6.07, 6.45) is 2.19. The standard InChI is InChI=1S/C15H17NO/c1-15(11-5-3-2-4-6-11)12-7-10-9-16(15)13(8-12)14(10)17/h2-6,10,12-13H,7-9H2,1H3. The van der Waals surface area contributed by atoms with Crippen LogP contribution in [0.5, 0.6) is 0 Å². The van der Waals surface area contributed by atoms with Crippen molar-refractivity contribution in [3.05, 3.63) is 35.9 Å². The zero-order valence-electron chi connectivity index (χ0n) is 10.1. The van der Waals surface area contributed by atoms with Gasteiger partial charge < -0.3 is 0 Å². The minimum Gasteiger partial charge on any atom is -0.298 e. The van der Waals surface area contributed by atoms with E-state index in [2.05, 4.69) is 42.2 Å². The molecule has 3 aliphatic heterocycles. The van der Waals surface area contributed by atoms with E-state index in [1.54, 1.807) is 0 Å². The first-order chi connectivity index (χ1) is 8.21. The number of rotatable bonds is 1. The molecule has 5 rings (SSSR count). The van der Waals surface area contributed by atoms with E-state index in [4.69, 9.17) is 0 Å². The Morgan fingerprint density at radius 2 is 2.00 bits per heavy atom. The molecule has 88 valence electrons. The van der Waals surface area contributed by atoms with Crippen LogP contribution in [-0.2, 0) is 10.3 Å². The minimum absolute atomic E-state index is 0.106. The highest BCUT2D eigenvalue weighted by molar-refractivity contribution is 5.90. The molecule has 1 aromatic carbocycles. The van der Waals surface area contributed by atoms with Crippen molar-refractivity contribution in [2.24, 2.45) is 11.8 Å². The van der Waals surface area contributed by atoms with Gasteiger partial charge in [0, 0.05) is 18.0 Å². The zero-order valence-corrected chi connectivity index (χ0v) is 10.1. The maximum Gasteiger partial charge on any atom is 0.154 e. The number of nitrogens with zero attached hydrogens (tertiary/aromatic N) is 1. The first-order valence-electron chi connectivity index (χ1n) is 6.57. The van der Waals surface area contributed by atoms with Crippen LogP contribution >= 0.6 is 0 Å². The lowest BCUT2D eigenvalue weighted by atomic mass is 9.70. The molecule has 1 saturated carbocycles. The second kappa shape index (κ2) is 2.99. The summed E-state index contributed by atoms with van der Waals surface area (Å²) in [5, 5.41) is 0. The predicted molar refractivity (Wildman–Crippen MR) is 65.5 cm³/mol. The summed E-state index contributed by atoms with van der Waals surface area (Å²) in [5.41, 5.74) is 1.50. The number of piperidine rings is 1. The fourth-order valence-corrected chi connectivity index (χ4v) is 4.41. The molecule has 1 aliphatic carbocycles. The second-order valence-electron chi connectivity index (χ2n) is 5.95. The third kappa shape index (κ3) is 1.03. The Bertz CT molecular complexity index is 479. The molecule has 1 aromatic rings. The molecule has 5 unspecified atom stereocenters. The molecular formula is C15H17NO. The van der Waals surface area contributed by atoms with Crippen LogP contribution < -0.4 is 0 Å². The Labute approximate surface area is 102 Å². The van der Waals surface area contributed by atoms with Crippen LogP contribution in [0.25, 0.3) is 0 Å². The van der Waals surface area contributed by atoms with E-state index < -0.39 is 0 Å². The van der Waals surface area contributed by atoms with Crippen LogP contribution in [0.4, 0.5) is 0 Å². The highest BCUT2D eigenvalue weighted by Gasteiger charge is 2.62. The molecule has 5 atom stereocenters. The van der Waals surface area contributed by atoms with Crippen LogP contribution in [0.2, 0.25) is 0 Å². The Kier molecular flexibility index (Phi) is 1.73. The van der Waals surface area contributed by atoms with Gasteiger partial charge in [-0.25, -0.2) is 0 Å². The SMILES string of the molecule is CC1(c2ccccc2)C2CC3CN1C(C2)C3=O. The molecule has 0 aromatic heterocycles. The molecule has 3 saturated heterocycles. The van der Waals surface area contributed by atoms with Gasteiger partial charge in [0.05, 0.1) is 6.04 Å². The van der Waals surface area contributed by atoms with Gasteiger partial charge in [0.2, 0.25) is 0 Å². The lowest BCUT2D eigenvalue weighted by Crippen LogP contribution is -2.46. The normalized spacial score (nSPS) is 46.8. The Balaban J connectivity index is 1.84. The van der Waals surface area contributed by atoms with Crippen LogP contribution in [0, 0.1) is 11.8 Å². The van der Waals surface area contributed by atoms with Crippen molar-refractivity contribution in [1.82, 2.24) is 4.90 Å². The average molecular weight is 227 g/mol. The number of ketones is 1. The fourth-order valence-electron chi connectivity index (χ4n) is 4.41. The van der Waals surface area contributed by atoms with E-state index in [9.17, 15) is 4.79 Å². The van der Waals surface area contributed by atoms with Crippen molar-refractivity contribution in [3.63, 3.8) is 0 Å². The number of hydrogen-bond acceptors (Lipinski definition) is 2. The van der Waals surface area contributed by atoms with Gasteiger partial charge >= 0.3 is 0 Å². The second-order valence-corrected chi connectivity index (χ2v) is 5.95. The quantitative estimate of drug-likeness (QED) is 0.733. The molecule has 2 heteroatoms. The maximum absolute atomic E-state index is 12.1. The Morgan fingerprint density at radius 3 is 2.76 bits per heavy atom. The average Bonchev–Trinajstić information content (AvgIpc) is 2.70. The lowest BCUT2D eigenvalue weighted by Gasteiger charge is -2.43. The summed E-state index contributed by atoms with van der Waals surface area (Å²) in [7, 11) is 0. The minimum atomic E-state index is 0.106. The third-order valence-corrected chi connectivity index (χ3v) is 5.35. The summed E-state index contributed by atoms with van der Waals surface area (Å²) in [6.45, 7) is 3.33. The molecular weight excluding hydrogens is 210 g/mol. The van der Waals surface area contributed by atoms with Crippen molar-refractivity contribution >= 4 is 5.78 Å². The molecule has 0 radical (unpaired) electrons. The van der Waals surface area contributed by atoms with Crippen LogP contribution in [0.3, 0.4) is 0 Å². The van der Waals surface area contributed by atoms with E-state index in [0.29, 0.717) is 17.6 Å². The first kappa shape index (κ1) is 9.84. The van der Waals surface area contributed by atoms with Gasteiger partial charge in [0.15, 0.2) is 5.78 Å². The molecule has 17 heavy (non-hydrogen) atoms. The molecule has 2 nitrogen and oxygen atoms in total. The zero-order chi connectivity index (χ0) is 11.6. The first-order valence-corrected chi connectivity index (χ1v) is 6.57. The molecule has 0 N–H and O–H groups in total. The van der Waals surface area contributed by atoms with Crippen LogP contribution in [-0.4, -0.2) is 23.3 Å². The molecule has 4 fully saturated rings. The van der Waals surface area contributed by atoms with Crippen molar-refractivity contribution in [1.29, 1.82) is 0 Å². The van der Waals surface area contributed by atoms with E-state index in [0.717, 1.165) is 19.4 Å².